The SMILES string of the molecule is CCCCCCCCCCCC/C=C/CCCCCCCC[N+](CCCC(=O)O)(CCCC(=O)O)CCCC(=O)O. The molecule has 0 amide bonds. The maximum atomic E-state index is 11.1. The minimum absolute atomic E-state index is 0.0889. The van der Waals surface area contributed by atoms with Crippen molar-refractivity contribution < 1.29 is 34.2 Å². The molecule has 0 spiro atoms. The van der Waals surface area contributed by atoms with Crippen molar-refractivity contribution in [2.75, 3.05) is 26.2 Å². The summed E-state index contributed by atoms with van der Waals surface area (Å²) in [6, 6.07) is 0. The van der Waals surface area contributed by atoms with Gasteiger partial charge in [-0.05, 0) is 38.5 Å². The molecule has 0 heterocycles. The van der Waals surface area contributed by atoms with Gasteiger partial charge in [-0.15, -0.1) is 0 Å². The van der Waals surface area contributed by atoms with E-state index in [0.29, 0.717) is 43.4 Å². The molecule has 0 radical (unpaired) electrons. The molecule has 240 valence electrons. The highest BCUT2D eigenvalue weighted by Gasteiger charge is 2.27. The molecule has 0 aromatic carbocycles. The van der Waals surface area contributed by atoms with E-state index in [1.54, 1.807) is 0 Å². The van der Waals surface area contributed by atoms with Gasteiger partial charge in [0.2, 0.25) is 0 Å². The number of carboxylic acid groups (broad SMARTS) is 3. The first-order valence-electron chi connectivity index (χ1n) is 17.0. The number of hydrogen-bond acceptors (Lipinski definition) is 3. The molecule has 0 aliphatic heterocycles. The molecule has 0 aliphatic carbocycles. The van der Waals surface area contributed by atoms with E-state index >= 15 is 0 Å². The van der Waals surface area contributed by atoms with E-state index in [1.165, 1.54) is 96.3 Å². The zero-order valence-corrected chi connectivity index (χ0v) is 26.5. The van der Waals surface area contributed by atoms with Gasteiger partial charge in [0.1, 0.15) is 0 Å². The van der Waals surface area contributed by atoms with Crippen molar-refractivity contribution in [1.29, 1.82) is 0 Å². The van der Waals surface area contributed by atoms with Crippen LogP contribution in [-0.2, 0) is 14.4 Å². The summed E-state index contributed by atoms with van der Waals surface area (Å²) in [5.41, 5.74) is 0. The Morgan fingerprint density at radius 2 is 0.732 bits per heavy atom. The molecule has 7 nitrogen and oxygen atoms in total. The van der Waals surface area contributed by atoms with Crippen LogP contribution in [0, 0.1) is 0 Å². The largest absolute Gasteiger partial charge is 0.481 e. The van der Waals surface area contributed by atoms with E-state index < -0.39 is 17.9 Å². The van der Waals surface area contributed by atoms with Crippen LogP contribution in [0.15, 0.2) is 12.2 Å². The summed E-state index contributed by atoms with van der Waals surface area (Å²) < 4.78 is 0.637. The number of hydrogen-bond donors (Lipinski definition) is 3. The van der Waals surface area contributed by atoms with Crippen LogP contribution in [0.3, 0.4) is 0 Å². The first-order chi connectivity index (χ1) is 19.8. The molecular formula is C34H64NO6+. The van der Waals surface area contributed by atoms with Crippen LogP contribution in [0.5, 0.6) is 0 Å². The molecule has 0 atom stereocenters. The van der Waals surface area contributed by atoms with Crippen LogP contribution in [0.4, 0.5) is 0 Å². The summed E-state index contributed by atoms with van der Waals surface area (Å²) in [6.45, 7) is 5.12. The predicted octanol–water partition coefficient (Wildman–Crippen LogP) is 9.00. The van der Waals surface area contributed by atoms with Crippen molar-refractivity contribution in [3.8, 4) is 0 Å². The van der Waals surface area contributed by atoms with Gasteiger partial charge in [-0.2, -0.15) is 0 Å². The predicted molar refractivity (Wildman–Crippen MR) is 168 cm³/mol. The second kappa shape index (κ2) is 28.2. The molecule has 7 heteroatoms. The Kier molecular flexibility index (Phi) is 26.9. The first-order valence-corrected chi connectivity index (χ1v) is 17.0. The third kappa shape index (κ3) is 28.0. The summed E-state index contributed by atoms with van der Waals surface area (Å²) in [5, 5.41) is 27.3. The van der Waals surface area contributed by atoms with E-state index in [1.807, 2.05) is 0 Å². The van der Waals surface area contributed by atoms with Crippen LogP contribution < -0.4 is 0 Å². The molecule has 0 aliphatic rings. The van der Waals surface area contributed by atoms with Crippen molar-refractivity contribution >= 4 is 17.9 Å². The molecule has 0 fully saturated rings. The lowest BCUT2D eigenvalue weighted by atomic mass is 10.1. The maximum absolute atomic E-state index is 11.1. The Labute approximate surface area is 251 Å². The third-order valence-electron chi connectivity index (χ3n) is 8.21. The fourth-order valence-electron chi connectivity index (χ4n) is 5.77. The van der Waals surface area contributed by atoms with Gasteiger partial charge in [-0.25, -0.2) is 0 Å². The highest BCUT2D eigenvalue weighted by molar-refractivity contribution is 5.67. The van der Waals surface area contributed by atoms with Crippen molar-refractivity contribution in [1.82, 2.24) is 0 Å². The third-order valence-corrected chi connectivity index (χ3v) is 8.21. The van der Waals surface area contributed by atoms with Gasteiger partial charge in [-0.3, -0.25) is 14.4 Å². The molecule has 0 aromatic rings. The van der Waals surface area contributed by atoms with Crippen LogP contribution in [0.2, 0.25) is 0 Å². The summed E-state index contributed by atoms with van der Waals surface area (Å²) in [7, 11) is 0. The lowest BCUT2D eigenvalue weighted by molar-refractivity contribution is -0.929. The van der Waals surface area contributed by atoms with Crippen LogP contribution in [0.1, 0.15) is 161 Å². The van der Waals surface area contributed by atoms with E-state index in [-0.39, 0.29) is 19.3 Å². The second-order valence-electron chi connectivity index (χ2n) is 12.1. The normalized spacial score (nSPS) is 11.8. The summed E-state index contributed by atoms with van der Waals surface area (Å²) in [6.07, 6.45) is 29.7. The fraction of sp³-hybridized carbons (Fsp3) is 0.853. The molecule has 0 saturated heterocycles. The van der Waals surface area contributed by atoms with Gasteiger partial charge in [0.05, 0.1) is 45.4 Å². The smallest absolute Gasteiger partial charge is 0.303 e. The first kappa shape index (κ1) is 39.1. The zero-order valence-electron chi connectivity index (χ0n) is 26.5. The number of nitrogens with zero attached hydrogens (tertiary/aromatic N) is 1. The molecule has 0 bridgehead atoms. The summed E-state index contributed by atoms with van der Waals surface area (Å²) >= 11 is 0. The minimum Gasteiger partial charge on any atom is -0.481 e. The summed E-state index contributed by atoms with van der Waals surface area (Å²) in [4.78, 5) is 33.2. The topological polar surface area (TPSA) is 112 Å². The number of aliphatic carboxylic acids is 3. The molecule has 3 N–H and O–H groups in total. The van der Waals surface area contributed by atoms with E-state index in [0.717, 1.165) is 25.8 Å². The van der Waals surface area contributed by atoms with Gasteiger partial charge in [0.25, 0.3) is 0 Å². The molecule has 0 unspecified atom stereocenters. The highest BCUT2D eigenvalue weighted by atomic mass is 16.4. The average Bonchev–Trinajstić information content (AvgIpc) is 2.91. The Bertz CT molecular complexity index is 628. The quantitative estimate of drug-likeness (QED) is 0.0414. The number of unbranched alkanes of at least 4 members (excludes halogenated alkanes) is 16. The molecule has 0 saturated carbocycles. The average molecular weight is 583 g/mol. The number of rotatable bonds is 32. The van der Waals surface area contributed by atoms with Crippen molar-refractivity contribution in [3.63, 3.8) is 0 Å². The Balaban J connectivity index is 4.11. The van der Waals surface area contributed by atoms with Crippen LogP contribution >= 0.6 is 0 Å². The lowest BCUT2D eigenvalue weighted by Gasteiger charge is -2.39. The van der Waals surface area contributed by atoms with Crippen LogP contribution in [0.25, 0.3) is 0 Å². The van der Waals surface area contributed by atoms with Crippen molar-refractivity contribution in [2.24, 2.45) is 0 Å². The Morgan fingerprint density at radius 1 is 0.439 bits per heavy atom. The van der Waals surface area contributed by atoms with Crippen molar-refractivity contribution in [2.45, 2.75) is 161 Å². The number of quaternary nitrogens is 1. The minimum atomic E-state index is -0.826. The van der Waals surface area contributed by atoms with E-state index in [4.69, 9.17) is 15.3 Å². The van der Waals surface area contributed by atoms with Gasteiger partial charge >= 0.3 is 17.9 Å². The fourth-order valence-corrected chi connectivity index (χ4v) is 5.77. The molecule has 0 aromatic heterocycles. The second-order valence-corrected chi connectivity index (χ2v) is 12.1. The Hall–Kier alpha value is -1.89. The van der Waals surface area contributed by atoms with Gasteiger partial charge < -0.3 is 19.8 Å². The summed E-state index contributed by atoms with van der Waals surface area (Å²) in [5.74, 6) is -2.48. The van der Waals surface area contributed by atoms with Crippen LogP contribution in [-0.4, -0.2) is 63.9 Å². The van der Waals surface area contributed by atoms with Gasteiger partial charge in [-0.1, -0.05) is 96.1 Å². The Morgan fingerprint density at radius 3 is 1.07 bits per heavy atom. The monoisotopic (exact) mass is 582 g/mol. The molecule has 0 rings (SSSR count). The maximum Gasteiger partial charge on any atom is 0.303 e. The number of carbonyl (C=O) groups is 3. The van der Waals surface area contributed by atoms with Gasteiger partial charge in [0.15, 0.2) is 0 Å². The van der Waals surface area contributed by atoms with E-state index in [2.05, 4.69) is 19.1 Å². The van der Waals surface area contributed by atoms with Gasteiger partial charge in [0, 0.05) is 19.3 Å². The lowest BCUT2D eigenvalue weighted by Crippen LogP contribution is -2.51. The molecular weight excluding hydrogens is 518 g/mol. The van der Waals surface area contributed by atoms with Crippen molar-refractivity contribution in [3.05, 3.63) is 12.2 Å². The number of allylic oxidation sites excluding steroid dienone is 2. The zero-order chi connectivity index (χ0) is 30.4. The number of carboxylic acids is 3. The molecule has 41 heavy (non-hydrogen) atoms. The highest BCUT2D eigenvalue weighted by Crippen LogP contribution is 2.19. The standard InChI is InChI=1S/C34H63NO6/c1-2-3-4-5-6-7-8-9-10-11-12-13-14-15-16-17-18-19-20-21-28-35(29-22-25-32(36)37,30-23-26-33(38)39)31-24-27-34(40)41/h13-14H,2-12,15-31H2,1H3,(H2-,36,37,38,39,40,41)/p+1/b14-13+. The van der Waals surface area contributed by atoms with E-state index in [9.17, 15) is 14.4 Å².